The van der Waals surface area contributed by atoms with Crippen molar-refractivity contribution in [1.29, 1.82) is 0 Å². The lowest BCUT2D eigenvalue weighted by atomic mass is 10.2. The Kier molecular flexibility index (Phi) is 5.26. The van der Waals surface area contributed by atoms with Crippen molar-refractivity contribution < 1.29 is 24.2 Å². The SMILES string of the molecule is COC(=O)CC#Cc1ccc(OCC(=O)O)cc1. The first-order chi connectivity index (χ1) is 8.61. The van der Waals surface area contributed by atoms with Crippen molar-refractivity contribution in [3.8, 4) is 17.6 Å². The number of carbonyl (C=O) groups excluding carboxylic acids is 1. The van der Waals surface area contributed by atoms with Gasteiger partial charge in [0.25, 0.3) is 0 Å². The average molecular weight is 248 g/mol. The van der Waals surface area contributed by atoms with Crippen LogP contribution in [0.3, 0.4) is 0 Å². The molecule has 0 aliphatic heterocycles. The summed E-state index contributed by atoms with van der Waals surface area (Å²) in [6.45, 7) is -0.382. The number of rotatable bonds is 4. The second-order valence-corrected chi connectivity index (χ2v) is 3.26. The fraction of sp³-hybridized carbons (Fsp3) is 0.231. The van der Waals surface area contributed by atoms with E-state index in [1.807, 2.05) is 0 Å². The molecule has 94 valence electrons. The van der Waals surface area contributed by atoms with Crippen molar-refractivity contribution in [3.05, 3.63) is 29.8 Å². The first kappa shape index (κ1) is 13.6. The van der Waals surface area contributed by atoms with Crippen LogP contribution in [0.1, 0.15) is 12.0 Å². The lowest BCUT2D eigenvalue weighted by Crippen LogP contribution is -2.09. The van der Waals surface area contributed by atoms with Crippen molar-refractivity contribution >= 4 is 11.9 Å². The maximum Gasteiger partial charge on any atom is 0.341 e. The number of carbonyl (C=O) groups is 2. The number of esters is 1. The molecule has 0 bridgehead atoms. The van der Waals surface area contributed by atoms with Crippen LogP contribution in [0, 0.1) is 11.8 Å². The highest BCUT2D eigenvalue weighted by atomic mass is 16.5. The molecule has 0 spiro atoms. The standard InChI is InChI=1S/C13H12O5/c1-17-13(16)4-2-3-10-5-7-11(8-6-10)18-9-12(14)15/h5-8H,4,9H2,1H3,(H,14,15). The first-order valence-electron chi connectivity index (χ1n) is 5.12. The van der Waals surface area contributed by atoms with Gasteiger partial charge in [-0.1, -0.05) is 11.8 Å². The number of benzene rings is 1. The number of carboxylic acid groups (broad SMARTS) is 1. The number of carboxylic acids is 1. The number of hydrogen-bond donors (Lipinski definition) is 1. The minimum Gasteiger partial charge on any atom is -0.482 e. The summed E-state index contributed by atoms with van der Waals surface area (Å²) >= 11 is 0. The molecule has 0 atom stereocenters. The minimum atomic E-state index is -1.03. The van der Waals surface area contributed by atoms with E-state index in [4.69, 9.17) is 9.84 Å². The van der Waals surface area contributed by atoms with Crippen LogP contribution in [0.25, 0.3) is 0 Å². The van der Waals surface area contributed by atoms with Gasteiger partial charge in [-0.05, 0) is 24.3 Å². The average Bonchev–Trinajstić information content (AvgIpc) is 2.37. The van der Waals surface area contributed by atoms with Gasteiger partial charge in [0.05, 0.1) is 7.11 Å². The number of aliphatic carboxylic acids is 1. The summed E-state index contributed by atoms with van der Waals surface area (Å²) in [5.41, 5.74) is 0.710. The summed E-state index contributed by atoms with van der Waals surface area (Å²) in [6.07, 6.45) is 0.0355. The maximum absolute atomic E-state index is 10.8. The summed E-state index contributed by atoms with van der Waals surface area (Å²) in [6, 6.07) is 6.60. The predicted molar refractivity (Wildman–Crippen MR) is 63.1 cm³/mol. The topological polar surface area (TPSA) is 72.8 Å². The van der Waals surface area contributed by atoms with Gasteiger partial charge in [0.1, 0.15) is 12.2 Å². The number of methoxy groups -OCH3 is 1. The summed E-state index contributed by atoms with van der Waals surface area (Å²) in [4.78, 5) is 21.1. The molecule has 0 fully saturated rings. The van der Waals surface area contributed by atoms with E-state index in [1.165, 1.54) is 7.11 Å². The van der Waals surface area contributed by atoms with E-state index in [2.05, 4.69) is 16.6 Å². The molecule has 5 nitrogen and oxygen atoms in total. The van der Waals surface area contributed by atoms with E-state index in [0.717, 1.165) is 0 Å². The van der Waals surface area contributed by atoms with Gasteiger partial charge < -0.3 is 14.6 Å². The predicted octanol–water partition coefficient (Wildman–Crippen LogP) is 1.06. The van der Waals surface area contributed by atoms with E-state index >= 15 is 0 Å². The second kappa shape index (κ2) is 6.97. The molecule has 1 N–H and O–H groups in total. The van der Waals surface area contributed by atoms with Crippen LogP contribution in [-0.4, -0.2) is 30.8 Å². The molecule has 0 aliphatic rings. The van der Waals surface area contributed by atoms with Crippen molar-refractivity contribution in [2.75, 3.05) is 13.7 Å². The zero-order valence-corrected chi connectivity index (χ0v) is 9.80. The minimum absolute atomic E-state index is 0.0355. The first-order valence-corrected chi connectivity index (χ1v) is 5.12. The van der Waals surface area contributed by atoms with Gasteiger partial charge in [-0.2, -0.15) is 0 Å². The smallest absolute Gasteiger partial charge is 0.341 e. The van der Waals surface area contributed by atoms with Crippen LogP contribution in [0.5, 0.6) is 5.75 Å². The van der Waals surface area contributed by atoms with Gasteiger partial charge >= 0.3 is 11.9 Å². The van der Waals surface area contributed by atoms with Gasteiger partial charge in [-0.25, -0.2) is 4.79 Å². The zero-order valence-electron chi connectivity index (χ0n) is 9.80. The van der Waals surface area contributed by atoms with Gasteiger partial charge in [0, 0.05) is 5.56 Å². The van der Waals surface area contributed by atoms with E-state index < -0.39 is 5.97 Å². The number of hydrogen-bond acceptors (Lipinski definition) is 4. The molecule has 18 heavy (non-hydrogen) atoms. The van der Waals surface area contributed by atoms with Crippen LogP contribution in [0.15, 0.2) is 24.3 Å². The van der Waals surface area contributed by atoms with Crippen LogP contribution in [0.4, 0.5) is 0 Å². The molecule has 0 aliphatic carbocycles. The third-order valence-corrected chi connectivity index (χ3v) is 1.91. The van der Waals surface area contributed by atoms with Crippen LogP contribution >= 0.6 is 0 Å². The lowest BCUT2D eigenvalue weighted by molar-refractivity contribution is -0.140. The molecular weight excluding hydrogens is 236 g/mol. The molecular formula is C13H12O5. The Balaban J connectivity index is 2.54. The highest BCUT2D eigenvalue weighted by Crippen LogP contribution is 2.11. The Morgan fingerprint density at radius 2 is 1.94 bits per heavy atom. The molecule has 1 aromatic carbocycles. The molecule has 5 heteroatoms. The second-order valence-electron chi connectivity index (χ2n) is 3.26. The Morgan fingerprint density at radius 1 is 1.28 bits per heavy atom. The fourth-order valence-electron chi connectivity index (χ4n) is 1.07. The lowest BCUT2D eigenvalue weighted by Gasteiger charge is -2.01. The molecule has 0 aromatic heterocycles. The fourth-order valence-corrected chi connectivity index (χ4v) is 1.07. The van der Waals surface area contributed by atoms with E-state index in [0.29, 0.717) is 11.3 Å². The van der Waals surface area contributed by atoms with E-state index in [9.17, 15) is 9.59 Å². The zero-order chi connectivity index (χ0) is 13.4. The molecule has 0 amide bonds. The third kappa shape index (κ3) is 5.03. The molecule has 0 radical (unpaired) electrons. The van der Waals surface area contributed by atoms with E-state index in [-0.39, 0.29) is 19.0 Å². The monoisotopic (exact) mass is 248 g/mol. The summed E-state index contributed by atoms with van der Waals surface area (Å²) in [5.74, 6) is 4.48. The van der Waals surface area contributed by atoms with E-state index in [1.54, 1.807) is 24.3 Å². The largest absolute Gasteiger partial charge is 0.482 e. The Bertz CT molecular complexity index is 478. The van der Waals surface area contributed by atoms with Gasteiger partial charge in [0.15, 0.2) is 6.61 Å². The maximum atomic E-state index is 10.8. The highest BCUT2D eigenvalue weighted by Gasteiger charge is 1.98. The summed E-state index contributed by atoms with van der Waals surface area (Å²) in [5, 5.41) is 8.43. The van der Waals surface area contributed by atoms with Crippen molar-refractivity contribution in [2.24, 2.45) is 0 Å². The van der Waals surface area contributed by atoms with Crippen LogP contribution in [0.2, 0.25) is 0 Å². The van der Waals surface area contributed by atoms with Crippen LogP contribution < -0.4 is 4.74 Å². The molecule has 0 saturated heterocycles. The molecule has 0 unspecified atom stereocenters. The molecule has 0 heterocycles. The molecule has 1 rings (SSSR count). The van der Waals surface area contributed by atoms with Gasteiger partial charge in [0.2, 0.25) is 0 Å². The Hall–Kier alpha value is -2.48. The summed E-state index contributed by atoms with van der Waals surface area (Å²) < 4.78 is 9.41. The van der Waals surface area contributed by atoms with Crippen molar-refractivity contribution in [1.82, 2.24) is 0 Å². The highest BCUT2D eigenvalue weighted by molar-refractivity contribution is 5.72. The van der Waals surface area contributed by atoms with Crippen molar-refractivity contribution in [3.63, 3.8) is 0 Å². The Morgan fingerprint density at radius 3 is 2.50 bits per heavy atom. The third-order valence-electron chi connectivity index (χ3n) is 1.91. The number of ether oxygens (including phenoxy) is 2. The quantitative estimate of drug-likeness (QED) is 0.637. The Labute approximate surface area is 104 Å². The molecule has 0 saturated carbocycles. The summed E-state index contributed by atoms with van der Waals surface area (Å²) in [7, 11) is 1.30. The van der Waals surface area contributed by atoms with Gasteiger partial charge in [-0.3, -0.25) is 4.79 Å². The van der Waals surface area contributed by atoms with Crippen molar-refractivity contribution in [2.45, 2.75) is 6.42 Å². The normalized spacial score (nSPS) is 8.94. The molecule has 1 aromatic rings. The van der Waals surface area contributed by atoms with Gasteiger partial charge in [-0.15, -0.1) is 0 Å². The van der Waals surface area contributed by atoms with Crippen LogP contribution in [-0.2, 0) is 14.3 Å².